The minimum atomic E-state index is -0.0346. The molecule has 0 bridgehead atoms. The number of hydrogen-bond donors (Lipinski definition) is 0. The molecule has 4 heteroatoms. The summed E-state index contributed by atoms with van der Waals surface area (Å²) >= 11 is 0. The maximum absolute atomic E-state index is 6.81. The van der Waals surface area contributed by atoms with E-state index >= 15 is 0 Å². The summed E-state index contributed by atoms with van der Waals surface area (Å²) in [6, 6.07) is 83.6. The SMILES string of the molecule is CC(C)(C)c1ccc(-c2ccccc2)c(N(c2ccccc2)c2ccc3cc4c(cc3c2)oc2cc3c(cc24)oc2cc4cc(N(c5ccccc5)c5cc(C(C)(C)C)ccc5-c5ccccc5)ccc4cc23)c1. The molecule has 0 radical (unpaired) electrons. The van der Waals surface area contributed by atoms with E-state index < -0.39 is 0 Å². The molecule has 0 unspecified atom stereocenters. The molecule has 0 aliphatic carbocycles. The van der Waals surface area contributed by atoms with Crippen molar-refractivity contribution >= 4 is 99.5 Å². The molecule has 11 aromatic carbocycles. The van der Waals surface area contributed by atoms with Crippen molar-refractivity contribution in [1.82, 2.24) is 0 Å². The average molecular weight is 957 g/mol. The molecular weight excluding hydrogens is 901 g/mol. The van der Waals surface area contributed by atoms with Gasteiger partial charge < -0.3 is 18.6 Å². The molecule has 0 fully saturated rings. The largest absolute Gasteiger partial charge is 0.456 e. The fourth-order valence-corrected chi connectivity index (χ4v) is 10.9. The molecule has 0 atom stereocenters. The van der Waals surface area contributed by atoms with E-state index in [-0.39, 0.29) is 10.8 Å². The second-order valence-electron chi connectivity index (χ2n) is 21.8. The zero-order valence-electron chi connectivity index (χ0n) is 42.7. The van der Waals surface area contributed by atoms with E-state index in [4.69, 9.17) is 8.83 Å². The monoisotopic (exact) mass is 956 g/mol. The van der Waals surface area contributed by atoms with E-state index in [2.05, 4.69) is 282 Å². The van der Waals surface area contributed by atoms with Gasteiger partial charge in [0.05, 0.1) is 11.4 Å². The van der Waals surface area contributed by atoms with Crippen LogP contribution in [0.4, 0.5) is 34.1 Å². The topological polar surface area (TPSA) is 32.8 Å². The molecule has 0 spiro atoms. The van der Waals surface area contributed by atoms with Gasteiger partial charge in [0.1, 0.15) is 22.3 Å². The van der Waals surface area contributed by atoms with Gasteiger partial charge in [0, 0.05) is 55.4 Å². The van der Waals surface area contributed by atoms with Crippen LogP contribution in [-0.2, 0) is 10.8 Å². The Morgan fingerprint density at radius 1 is 0.284 bits per heavy atom. The molecule has 2 aromatic heterocycles. The number of benzene rings is 11. The summed E-state index contributed by atoms with van der Waals surface area (Å²) in [6.07, 6.45) is 0. The summed E-state index contributed by atoms with van der Waals surface area (Å²) in [6.45, 7) is 13.7. The van der Waals surface area contributed by atoms with Gasteiger partial charge in [-0.05, 0) is 152 Å². The summed E-state index contributed by atoms with van der Waals surface area (Å²) in [7, 11) is 0. The lowest BCUT2D eigenvalue weighted by molar-refractivity contribution is 0.590. The van der Waals surface area contributed by atoms with Gasteiger partial charge in [-0.2, -0.15) is 0 Å². The lowest BCUT2D eigenvalue weighted by Gasteiger charge is -2.30. The second kappa shape index (κ2) is 17.4. The van der Waals surface area contributed by atoms with Gasteiger partial charge in [-0.3, -0.25) is 0 Å². The van der Waals surface area contributed by atoms with Gasteiger partial charge in [-0.1, -0.05) is 175 Å². The predicted octanol–water partition coefficient (Wildman–Crippen LogP) is 20.7. The predicted molar refractivity (Wildman–Crippen MR) is 314 cm³/mol. The van der Waals surface area contributed by atoms with Gasteiger partial charge in [0.2, 0.25) is 0 Å². The van der Waals surface area contributed by atoms with Crippen LogP contribution >= 0.6 is 0 Å². The van der Waals surface area contributed by atoms with Crippen molar-refractivity contribution in [3.63, 3.8) is 0 Å². The quantitative estimate of drug-likeness (QED) is 0.152. The molecule has 0 aliphatic heterocycles. The van der Waals surface area contributed by atoms with Crippen LogP contribution in [0.2, 0.25) is 0 Å². The fourth-order valence-electron chi connectivity index (χ4n) is 10.9. The number of hydrogen-bond acceptors (Lipinski definition) is 4. The van der Waals surface area contributed by atoms with E-state index in [1.165, 1.54) is 33.4 Å². The smallest absolute Gasteiger partial charge is 0.136 e. The Bertz CT molecular complexity index is 3980. The summed E-state index contributed by atoms with van der Waals surface area (Å²) in [5, 5.41) is 8.68. The Labute approximate surface area is 432 Å². The highest BCUT2D eigenvalue weighted by atomic mass is 16.3. The summed E-state index contributed by atoms with van der Waals surface area (Å²) in [5.74, 6) is 0. The standard InChI is InChI=1S/C70H56N2O2/c1-69(2,3)51-29-33-57(45-19-11-7-12-20-45)63(41-51)71(53-23-15-9-16-24-53)55-31-27-47-37-59-61-43-68-62(44-67(61)73-65(59)39-49(47)35-55)60-38-48-28-32-56(36-50(48)40-66(60)74-68)72(54-25-17-10-18-26-54)64-42-52(70(4,5)6)30-34-58(64)46-21-13-8-14-22-46/h7-44H,1-6H3. The molecule has 4 nitrogen and oxygen atoms in total. The molecular formula is C70H56N2O2. The van der Waals surface area contributed by atoms with Gasteiger partial charge in [0.25, 0.3) is 0 Å². The zero-order chi connectivity index (χ0) is 50.3. The maximum atomic E-state index is 6.81. The molecule has 0 amide bonds. The van der Waals surface area contributed by atoms with Crippen LogP contribution in [0, 0.1) is 0 Å². The van der Waals surface area contributed by atoms with E-state index in [1.807, 2.05) is 0 Å². The first-order valence-electron chi connectivity index (χ1n) is 25.7. The second-order valence-corrected chi connectivity index (χ2v) is 21.8. The third-order valence-electron chi connectivity index (χ3n) is 14.9. The van der Waals surface area contributed by atoms with Crippen molar-refractivity contribution in [3.8, 4) is 22.3 Å². The van der Waals surface area contributed by atoms with E-state index in [0.29, 0.717) is 0 Å². The number of rotatable bonds is 8. The molecule has 358 valence electrons. The van der Waals surface area contributed by atoms with E-state index in [1.54, 1.807) is 0 Å². The van der Waals surface area contributed by atoms with Crippen LogP contribution in [0.5, 0.6) is 0 Å². The lowest BCUT2D eigenvalue weighted by atomic mass is 9.85. The molecule has 0 N–H and O–H groups in total. The van der Waals surface area contributed by atoms with Gasteiger partial charge in [0.15, 0.2) is 0 Å². The van der Waals surface area contributed by atoms with Crippen LogP contribution in [0.1, 0.15) is 52.7 Å². The number of fused-ring (bicyclic) bond motifs is 8. The van der Waals surface area contributed by atoms with E-state index in [9.17, 15) is 0 Å². The molecule has 13 aromatic rings. The summed E-state index contributed by atoms with van der Waals surface area (Å²) in [5.41, 5.74) is 17.2. The van der Waals surface area contributed by atoms with Crippen molar-refractivity contribution in [1.29, 1.82) is 0 Å². The van der Waals surface area contributed by atoms with Gasteiger partial charge in [-0.15, -0.1) is 0 Å². The summed E-state index contributed by atoms with van der Waals surface area (Å²) in [4.78, 5) is 4.80. The van der Waals surface area contributed by atoms with Crippen molar-refractivity contribution in [2.45, 2.75) is 52.4 Å². The van der Waals surface area contributed by atoms with Crippen LogP contribution in [0.25, 0.3) is 87.7 Å². The van der Waals surface area contributed by atoms with Gasteiger partial charge in [-0.25, -0.2) is 0 Å². The first-order valence-corrected chi connectivity index (χ1v) is 25.7. The Hall–Kier alpha value is -8.86. The highest BCUT2D eigenvalue weighted by Gasteiger charge is 2.25. The average Bonchev–Trinajstić information content (AvgIpc) is 3.94. The van der Waals surface area contributed by atoms with Crippen LogP contribution in [-0.4, -0.2) is 0 Å². The van der Waals surface area contributed by atoms with Crippen molar-refractivity contribution in [2.75, 3.05) is 9.80 Å². The third-order valence-corrected chi connectivity index (χ3v) is 14.9. The summed E-state index contributed by atoms with van der Waals surface area (Å²) < 4.78 is 13.6. The lowest BCUT2D eigenvalue weighted by Crippen LogP contribution is -2.15. The number of nitrogens with zero attached hydrogens (tertiary/aromatic N) is 2. The molecule has 0 saturated heterocycles. The highest BCUT2D eigenvalue weighted by molar-refractivity contribution is 6.18. The normalized spacial score (nSPS) is 12.2. The first-order chi connectivity index (χ1) is 35.9. The van der Waals surface area contributed by atoms with Crippen molar-refractivity contribution < 1.29 is 8.83 Å². The highest BCUT2D eigenvalue weighted by Crippen LogP contribution is 2.47. The first kappa shape index (κ1) is 45.0. The Morgan fingerprint density at radius 3 is 1.01 bits per heavy atom. The fraction of sp³-hybridized carbons (Fsp3) is 0.114. The van der Waals surface area contributed by atoms with Crippen LogP contribution < -0.4 is 9.80 Å². The van der Waals surface area contributed by atoms with Crippen LogP contribution in [0.15, 0.2) is 239 Å². The molecule has 0 saturated carbocycles. The third kappa shape index (κ3) is 7.95. The molecule has 13 rings (SSSR count). The van der Waals surface area contributed by atoms with Crippen molar-refractivity contribution in [2.24, 2.45) is 0 Å². The molecule has 0 aliphatic rings. The Balaban J connectivity index is 0.911. The minimum absolute atomic E-state index is 0.0346. The van der Waals surface area contributed by atoms with Crippen LogP contribution in [0.3, 0.4) is 0 Å². The number of anilines is 6. The number of para-hydroxylation sites is 2. The zero-order valence-corrected chi connectivity index (χ0v) is 42.7. The van der Waals surface area contributed by atoms with E-state index in [0.717, 1.165) is 99.5 Å². The maximum Gasteiger partial charge on any atom is 0.136 e. The number of furan rings is 2. The van der Waals surface area contributed by atoms with Gasteiger partial charge >= 0.3 is 0 Å². The minimum Gasteiger partial charge on any atom is -0.456 e. The van der Waals surface area contributed by atoms with Crippen molar-refractivity contribution in [3.05, 3.63) is 242 Å². The molecule has 74 heavy (non-hydrogen) atoms. The Kier molecular flexibility index (Phi) is 10.6. The Morgan fingerprint density at radius 2 is 0.635 bits per heavy atom. The molecule has 2 heterocycles.